The molecule has 2 heterocycles. The molecule has 1 atom stereocenters. The number of aliphatic hydroxyl groups is 3. The molecule has 1 unspecified atom stereocenters. The van der Waals surface area contributed by atoms with Crippen LogP contribution in [0.1, 0.15) is 68.6 Å². The summed E-state index contributed by atoms with van der Waals surface area (Å²) in [6, 6.07) is 8.17. The number of likely N-dealkylation sites (tertiary alicyclic amines) is 1. The first-order valence-corrected chi connectivity index (χ1v) is 14.0. The van der Waals surface area contributed by atoms with Crippen LogP contribution in [-0.4, -0.2) is 63.2 Å². The third-order valence-electron chi connectivity index (χ3n) is 7.86. The predicted molar refractivity (Wildman–Crippen MR) is 157 cm³/mol. The van der Waals surface area contributed by atoms with E-state index in [9.17, 15) is 15.3 Å². The second-order valence-electron chi connectivity index (χ2n) is 11.1. The van der Waals surface area contributed by atoms with Gasteiger partial charge in [0.1, 0.15) is 5.60 Å². The van der Waals surface area contributed by atoms with Crippen molar-refractivity contribution in [2.24, 2.45) is 16.6 Å². The smallest absolute Gasteiger partial charge is 0.351 e. The summed E-state index contributed by atoms with van der Waals surface area (Å²) in [5.74, 6) is 3.35. The fourth-order valence-electron chi connectivity index (χ4n) is 5.22. The summed E-state index contributed by atoms with van der Waals surface area (Å²) in [4.78, 5) is 11.1. The lowest BCUT2D eigenvalue weighted by atomic mass is 9.78. The normalized spacial score (nSPS) is 19.7. The molecule has 0 amide bonds. The Hall–Kier alpha value is -3.42. The Kier molecular flexibility index (Phi) is 9.48. The van der Waals surface area contributed by atoms with Crippen molar-refractivity contribution in [2.75, 3.05) is 25.9 Å². The highest BCUT2D eigenvalue weighted by atomic mass is 16.8. The Morgan fingerprint density at radius 2 is 1.85 bits per heavy atom. The van der Waals surface area contributed by atoms with E-state index < -0.39 is 11.6 Å². The van der Waals surface area contributed by atoms with Gasteiger partial charge in [-0.05, 0) is 82.9 Å². The van der Waals surface area contributed by atoms with Gasteiger partial charge >= 0.3 is 5.97 Å². The van der Waals surface area contributed by atoms with Crippen molar-refractivity contribution in [3.05, 3.63) is 59.4 Å². The maximum atomic E-state index is 10.9. The third-order valence-corrected chi connectivity index (χ3v) is 7.86. The molecule has 0 spiro atoms. The SMILES string of the molecule is CN1CCC(N=CC(=CN)c2cnc(N)c(OC(O)(O)c3cccc(C#CC(C)(O)C4CCCCC4)c3)c2)CC1. The van der Waals surface area contributed by atoms with E-state index in [0.29, 0.717) is 16.7 Å². The molecule has 1 aromatic heterocycles. The zero-order valence-corrected chi connectivity index (χ0v) is 23.4. The summed E-state index contributed by atoms with van der Waals surface area (Å²) in [7, 11) is 2.10. The van der Waals surface area contributed by atoms with E-state index in [1.54, 1.807) is 31.3 Å². The van der Waals surface area contributed by atoms with Gasteiger partial charge in [0.25, 0.3) is 0 Å². The summed E-state index contributed by atoms with van der Waals surface area (Å²) in [6.45, 7) is 3.73. The van der Waals surface area contributed by atoms with Gasteiger partial charge in [-0.1, -0.05) is 37.2 Å². The Bertz CT molecular complexity index is 1280. The Balaban J connectivity index is 1.50. The minimum atomic E-state index is -2.72. The number of nitrogens with zero attached hydrogens (tertiary/aromatic N) is 3. The van der Waals surface area contributed by atoms with Gasteiger partial charge in [0, 0.05) is 35.3 Å². The highest BCUT2D eigenvalue weighted by molar-refractivity contribution is 6.09. The lowest BCUT2D eigenvalue weighted by Gasteiger charge is -2.31. The first-order chi connectivity index (χ1) is 19.1. The van der Waals surface area contributed by atoms with Gasteiger partial charge in [0.05, 0.1) is 11.6 Å². The number of rotatable bonds is 7. The number of hydrogen-bond donors (Lipinski definition) is 5. The predicted octanol–water partition coefficient (Wildman–Crippen LogP) is 2.99. The fourth-order valence-corrected chi connectivity index (χ4v) is 5.22. The first kappa shape index (κ1) is 29.6. The number of allylic oxidation sites excluding steroid dienone is 1. The van der Waals surface area contributed by atoms with E-state index in [2.05, 4.69) is 33.8 Å². The molecule has 7 N–H and O–H groups in total. The summed E-state index contributed by atoms with van der Waals surface area (Å²) >= 11 is 0. The summed E-state index contributed by atoms with van der Waals surface area (Å²) in [6.07, 6.45) is 11.9. The van der Waals surface area contributed by atoms with Gasteiger partial charge in [-0.15, -0.1) is 0 Å². The first-order valence-electron chi connectivity index (χ1n) is 14.0. The topological polar surface area (TPSA) is 150 Å². The quantitative estimate of drug-likeness (QED) is 0.202. The van der Waals surface area contributed by atoms with Crippen molar-refractivity contribution in [1.82, 2.24) is 9.88 Å². The summed E-state index contributed by atoms with van der Waals surface area (Å²) in [5, 5.41) is 32.7. The molecule has 0 bridgehead atoms. The van der Waals surface area contributed by atoms with Crippen molar-refractivity contribution in [2.45, 2.75) is 69.5 Å². The van der Waals surface area contributed by atoms with Crippen LogP contribution in [0.2, 0.25) is 0 Å². The molecule has 9 nitrogen and oxygen atoms in total. The number of hydrogen-bond acceptors (Lipinski definition) is 9. The number of nitrogen functional groups attached to an aromatic ring is 1. The van der Waals surface area contributed by atoms with Crippen LogP contribution >= 0.6 is 0 Å². The van der Waals surface area contributed by atoms with Crippen molar-refractivity contribution in [1.29, 1.82) is 0 Å². The third kappa shape index (κ3) is 7.61. The lowest BCUT2D eigenvalue weighted by Crippen LogP contribution is -2.34. The molecule has 9 heteroatoms. The summed E-state index contributed by atoms with van der Waals surface area (Å²) < 4.78 is 5.56. The van der Waals surface area contributed by atoms with E-state index in [1.807, 2.05) is 0 Å². The monoisotopic (exact) mass is 547 g/mol. The van der Waals surface area contributed by atoms with Crippen LogP contribution in [-0.2, 0) is 5.97 Å². The average molecular weight is 548 g/mol. The van der Waals surface area contributed by atoms with E-state index in [0.717, 1.165) is 51.6 Å². The zero-order chi connectivity index (χ0) is 28.8. The average Bonchev–Trinajstić information content (AvgIpc) is 2.95. The lowest BCUT2D eigenvalue weighted by molar-refractivity contribution is -0.303. The van der Waals surface area contributed by atoms with Crippen LogP contribution in [0.5, 0.6) is 5.75 Å². The van der Waals surface area contributed by atoms with Gasteiger partial charge in [0.15, 0.2) is 11.6 Å². The maximum absolute atomic E-state index is 10.9. The molecule has 214 valence electrons. The fraction of sp³-hybridized carbons (Fsp3) is 0.484. The van der Waals surface area contributed by atoms with E-state index in [1.165, 1.54) is 31.0 Å². The van der Waals surface area contributed by atoms with Crippen molar-refractivity contribution < 1.29 is 20.1 Å². The van der Waals surface area contributed by atoms with Crippen molar-refractivity contribution in [3.8, 4) is 17.6 Å². The van der Waals surface area contributed by atoms with E-state index in [4.69, 9.17) is 16.2 Å². The molecule has 4 rings (SSSR count). The van der Waals surface area contributed by atoms with Crippen LogP contribution in [0, 0.1) is 17.8 Å². The standard InChI is InChI=1S/C31H41N5O4/c1-30(37,25-8-4-3-5-9-25)14-11-22-7-6-10-26(17-22)31(38,39)40-28-18-23(20-35-29(28)33)24(19-32)21-34-27-12-15-36(2)16-13-27/h6-7,10,17-21,25,27,37-39H,3-5,8-9,12-13,15-16,32H2,1-2H3,(H2,33,35). The zero-order valence-electron chi connectivity index (χ0n) is 23.4. The van der Waals surface area contributed by atoms with Gasteiger partial charge in [-0.2, -0.15) is 0 Å². The number of piperidine rings is 1. The minimum Gasteiger partial charge on any atom is -0.432 e. The molecule has 1 aliphatic carbocycles. The highest BCUT2D eigenvalue weighted by Gasteiger charge is 2.32. The van der Waals surface area contributed by atoms with Gasteiger partial charge < -0.3 is 36.4 Å². The molecular formula is C31H41N5O4. The van der Waals surface area contributed by atoms with E-state index >= 15 is 0 Å². The molecule has 1 aromatic carbocycles. The van der Waals surface area contributed by atoms with Crippen LogP contribution in [0.3, 0.4) is 0 Å². The van der Waals surface area contributed by atoms with Crippen LogP contribution in [0.25, 0.3) is 5.57 Å². The molecule has 40 heavy (non-hydrogen) atoms. The maximum Gasteiger partial charge on any atom is 0.351 e. The minimum absolute atomic E-state index is 0.0145. The second kappa shape index (κ2) is 12.8. The molecule has 2 aliphatic rings. The Labute approximate surface area is 236 Å². The van der Waals surface area contributed by atoms with Crippen LogP contribution in [0.15, 0.2) is 47.7 Å². The van der Waals surface area contributed by atoms with E-state index in [-0.39, 0.29) is 29.1 Å². The number of aromatic nitrogens is 1. The molecular weight excluding hydrogens is 506 g/mol. The second-order valence-corrected chi connectivity index (χ2v) is 11.1. The summed E-state index contributed by atoms with van der Waals surface area (Å²) in [5.41, 5.74) is 12.5. The Morgan fingerprint density at radius 3 is 2.55 bits per heavy atom. The number of ether oxygens (including phenoxy) is 1. The number of benzene rings is 1. The van der Waals surface area contributed by atoms with Crippen molar-refractivity contribution >= 4 is 17.6 Å². The Morgan fingerprint density at radius 1 is 1.12 bits per heavy atom. The molecule has 1 saturated heterocycles. The molecule has 0 radical (unpaired) electrons. The molecule has 1 saturated carbocycles. The van der Waals surface area contributed by atoms with Gasteiger partial charge in [-0.25, -0.2) is 4.98 Å². The molecule has 2 aromatic rings. The number of anilines is 1. The number of nitrogens with two attached hydrogens (primary N) is 2. The largest absolute Gasteiger partial charge is 0.432 e. The molecule has 2 fully saturated rings. The molecule has 1 aliphatic heterocycles. The van der Waals surface area contributed by atoms with Crippen LogP contribution in [0.4, 0.5) is 5.82 Å². The van der Waals surface area contributed by atoms with Gasteiger partial charge in [0.2, 0.25) is 0 Å². The van der Waals surface area contributed by atoms with Crippen LogP contribution < -0.4 is 16.2 Å². The van der Waals surface area contributed by atoms with Crippen molar-refractivity contribution in [3.63, 3.8) is 0 Å². The highest BCUT2D eigenvalue weighted by Crippen LogP contribution is 2.33. The number of aliphatic imine (C=N–C) groups is 1. The number of pyridine rings is 1. The van der Waals surface area contributed by atoms with Gasteiger partial charge in [-0.3, -0.25) is 4.99 Å².